The first kappa shape index (κ1) is 18.4. The lowest BCUT2D eigenvalue weighted by atomic mass is 9.91. The van der Waals surface area contributed by atoms with Crippen molar-refractivity contribution in [2.75, 3.05) is 31.2 Å². The maximum absolute atomic E-state index is 5.53. The van der Waals surface area contributed by atoms with Gasteiger partial charge in [-0.25, -0.2) is 0 Å². The van der Waals surface area contributed by atoms with E-state index in [9.17, 15) is 0 Å². The van der Waals surface area contributed by atoms with Crippen LogP contribution in [0.1, 0.15) is 55.4 Å². The lowest BCUT2D eigenvalue weighted by Crippen LogP contribution is -2.32. The van der Waals surface area contributed by atoms with Gasteiger partial charge in [-0.1, -0.05) is 17.3 Å². The number of anilines is 1. The summed E-state index contributed by atoms with van der Waals surface area (Å²) in [5.74, 6) is 1.85. The van der Waals surface area contributed by atoms with Gasteiger partial charge in [0.05, 0.1) is 6.04 Å². The Morgan fingerprint density at radius 2 is 1.85 bits per heavy atom. The van der Waals surface area contributed by atoms with Gasteiger partial charge in [-0.3, -0.25) is 0 Å². The van der Waals surface area contributed by atoms with Crippen molar-refractivity contribution in [3.63, 3.8) is 0 Å². The molecule has 2 aliphatic rings. The van der Waals surface area contributed by atoms with Crippen molar-refractivity contribution in [2.24, 2.45) is 5.92 Å². The summed E-state index contributed by atoms with van der Waals surface area (Å²) in [6.07, 6.45) is 6.01. The predicted molar refractivity (Wildman–Crippen MR) is 105 cm³/mol. The highest BCUT2D eigenvalue weighted by molar-refractivity contribution is 5.47. The Morgan fingerprint density at radius 1 is 1.11 bits per heavy atom. The zero-order valence-electron chi connectivity index (χ0n) is 16.2. The van der Waals surface area contributed by atoms with Gasteiger partial charge in [0, 0.05) is 38.5 Å². The molecule has 0 spiro atoms. The van der Waals surface area contributed by atoms with E-state index in [1.165, 1.54) is 43.6 Å². The molecule has 1 N–H and O–H groups in total. The van der Waals surface area contributed by atoms with Crippen LogP contribution in [0.15, 0.2) is 28.8 Å². The standard InChI is InChI=1S/C21H30N4O2/c1-16-23-21(27-24-16)20(18-9-13-26-14-10-18)22-15-17-5-7-19(8-6-17)25-11-3-2-4-12-25/h5-8,18,20,22H,2-4,9-15H2,1H3/t20-/m1/s1. The van der Waals surface area contributed by atoms with Gasteiger partial charge in [0.2, 0.25) is 5.89 Å². The molecule has 0 unspecified atom stereocenters. The lowest BCUT2D eigenvalue weighted by Gasteiger charge is -2.29. The second-order valence-corrected chi connectivity index (χ2v) is 7.70. The minimum Gasteiger partial charge on any atom is -0.381 e. The molecule has 2 saturated heterocycles. The maximum Gasteiger partial charge on any atom is 0.244 e. The van der Waals surface area contributed by atoms with E-state index in [4.69, 9.17) is 9.26 Å². The van der Waals surface area contributed by atoms with Gasteiger partial charge in [0.15, 0.2) is 5.82 Å². The highest BCUT2D eigenvalue weighted by atomic mass is 16.5. The molecule has 0 amide bonds. The average Bonchev–Trinajstić information content (AvgIpc) is 3.16. The van der Waals surface area contributed by atoms with E-state index in [2.05, 4.69) is 44.6 Å². The van der Waals surface area contributed by atoms with E-state index in [-0.39, 0.29) is 6.04 Å². The number of ether oxygens (including phenoxy) is 1. The van der Waals surface area contributed by atoms with Gasteiger partial charge in [-0.2, -0.15) is 4.98 Å². The molecule has 146 valence electrons. The van der Waals surface area contributed by atoms with Crippen molar-refractivity contribution in [1.29, 1.82) is 0 Å². The van der Waals surface area contributed by atoms with E-state index >= 15 is 0 Å². The number of nitrogens with one attached hydrogen (secondary N) is 1. The first-order chi connectivity index (χ1) is 13.3. The summed E-state index contributed by atoms with van der Waals surface area (Å²) in [5.41, 5.74) is 2.62. The van der Waals surface area contributed by atoms with Crippen molar-refractivity contribution in [2.45, 2.75) is 51.6 Å². The zero-order chi connectivity index (χ0) is 18.5. The van der Waals surface area contributed by atoms with E-state index in [1.807, 2.05) is 6.92 Å². The van der Waals surface area contributed by atoms with Crippen molar-refractivity contribution >= 4 is 5.69 Å². The van der Waals surface area contributed by atoms with Crippen LogP contribution in [0.3, 0.4) is 0 Å². The molecule has 0 saturated carbocycles. The third-order valence-corrected chi connectivity index (χ3v) is 5.73. The number of hydrogen-bond acceptors (Lipinski definition) is 6. The van der Waals surface area contributed by atoms with Crippen LogP contribution in [0, 0.1) is 12.8 Å². The van der Waals surface area contributed by atoms with Crippen LogP contribution in [-0.4, -0.2) is 36.4 Å². The molecule has 6 nitrogen and oxygen atoms in total. The summed E-state index contributed by atoms with van der Waals surface area (Å²) in [5, 5.41) is 7.66. The molecule has 1 aromatic heterocycles. The molecule has 2 aliphatic heterocycles. The zero-order valence-corrected chi connectivity index (χ0v) is 16.2. The van der Waals surface area contributed by atoms with Crippen molar-refractivity contribution in [1.82, 2.24) is 15.5 Å². The Labute approximate surface area is 161 Å². The molecule has 0 bridgehead atoms. The Hall–Kier alpha value is -1.92. The molecule has 6 heteroatoms. The minimum atomic E-state index is 0.0804. The Bertz CT molecular complexity index is 703. The first-order valence-electron chi connectivity index (χ1n) is 10.2. The summed E-state index contributed by atoms with van der Waals surface area (Å²) in [6, 6.07) is 9.05. The number of aromatic nitrogens is 2. The summed E-state index contributed by atoms with van der Waals surface area (Å²) >= 11 is 0. The van der Waals surface area contributed by atoms with Gasteiger partial charge in [-0.15, -0.1) is 0 Å². The fourth-order valence-corrected chi connectivity index (χ4v) is 4.15. The van der Waals surface area contributed by atoms with Crippen molar-refractivity contribution in [3.05, 3.63) is 41.5 Å². The SMILES string of the molecule is Cc1noc([C@H](NCc2ccc(N3CCCCC3)cc2)C2CCOCC2)n1. The number of rotatable bonds is 6. The molecule has 0 aliphatic carbocycles. The van der Waals surface area contributed by atoms with E-state index in [0.29, 0.717) is 17.6 Å². The quantitative estimate of drug-likeness (QED) is 0.838. The summed E-state index contributed by atoms with van der Waals surface area (Å²) in [4.78, 5) is 6.98. The van der Waals surface area contributed by atoms with Crippen LogP contribution < -0.4 is 10.2 Å². The van der Waals surface area contributed by atoms with Gasteiger partial charge >= 0.3 is 0 Å². The third kappa shape index (κ3) is 4.68. The topological polar surface area (TPSA) is 63.4 Å². The van der Waals surface area contributed by atoms with E-state index in [0.717, 1.165) is 32.6 Å². The monoisotopic (exact) mass is 370 g/mol. The molecule has 1 atom stereocenters. The van der Waals surface area contributed by atoms with Crippen molar-refractivity contribution < 1.29 is 9.26 Å². The summed E-state index contributed by atoms with van der Waals surface area (Å²) in [7, 11) is 0. The van der Waals surface area contributed by atoms with Crippen LogP contribution in [0.5, 0.6) is 0 Å². The number of hydrogen-bond donors (Lipinski definition) is 1. The van der Waals surface area contributed by atoms with Gasteiger partial charge < -0.3 is 19.5 Å². The largest absolute Gasteiger partial charge is 0.381 e. The Kier molecular flexibility index (Phi) is 6.04. The first-order valence-corrected chi connectivity index (χ1v) is 10.2. The van der Waals surface area contributed by atoms with Gasteiger partial charge in [0.1, 0.15) is 0 Å². The molecular formula is C21H30N4O2. The number of piperidine rings is 1. The highest BCUT2D eigenvalue weighted by Crippen LogP contribution is 2.30. The van der Waals surface area contributed by atoms with Crippen LogP contribution in [0.2, 0.25) is 0 Å². The highest BCUT2D eigenvalue weighted by Gasteiger charge is 2.29. The fourth-order valence-electron chi connectivity index (χ4n) is 4.15. The van der Waals surface area contributed by atoms with E-state index < -0.39 is 0 Å². The van der Waals surface area contributed by atoms with Crippen molar-refractivity contribution in [3.8, 4) is 0 Å². The Balaban J connectivity index is 1.40. The second-order valence-electron chi connectivity index (χ2n) is 7.70. The van der Waals surface area contributed by atoms with Crippen LogP contribution in [0.25, 0.3) is 0 Å². The lowest BCUT2D eigenvalue weighted by molar-refractivity contribution is 0.0485. The number of benzene rings is 1. The summed E-state index contributed by atoms with van der Waals surface area (Å²) in [6.45, 7) is 6.64. The Morgan fingerprint density at radius 3 is 2.52 bits per heavy atom. The molecule has 1 aromatic carbocycles. The minimum absolute atomic E-state index is 0.0804. The fraction of sp³-hybridized carbons (Fsp3) is 0.619. The number of nitrogens with zero attached hydrogens (tertiary/aromatic N) is 3. The van der Waals surface area contributed by atoms with Crippen LogP contribution in [0.4, 0.5) is 5.69 Å². The molecule has 4 rings (SSSR count). The molecule has 27 heavy (non-hydrogen) atoms. The normalized spacial score (nSPS) is 20.0. The number of aryl methyl sites for hydroxylation is 1. The molecule has 0 radical (unpaired) electrons. The third-order valence-electron chi connectivity index (χ3n) is 5.73. The van der Waals surface area contributed by atoms with Crippen LogP contribution >= 0.6 is 0 Å². The smallest absolute Gasteiger partial charge is 0.244 e. The van der Waals surface area contributed by atoms with E-state index in [1.54, 1.807) is 0 Å². The summed E-state index contributed by atoms with van der Waals surface area (Å²) < 4.78 is 11.0. The molecule has 3 heterocycles. The molecule has 2 fully saturated rings. The average molecular weight is 370 g/mol. The maximum atomic E-state index is 5.53. The van der Waals surface area contributed by atoms with Gasteiger partial charge in [-0.05, 0) is 62.6 Å². The molecule has 2 aromatic rings. The van der Waals surface area contributed by atoms with Gasteiger partial charge in [0.25, 0.3) is 0 Å². The molecular weight excluding hydrogens is 340 g/mol. The second kappa shape index (κ2) is 8.85. The predicted octanol–water partition coefficient (Wildman–Crippen LogP) is 3.63. The van der Waals surface area contributed by atoms with Crippen LogP contribution in [-0.2, 0) is 11.3 Å².